The maximum absolute atomic E-state index is 12.5. The molecule has 0 aliphatic carbocycles. The zero-order valence-corrected chi connectivity index (χ0v) is 21.6. The molecule has 1 saturated heterocycles. The molecule has 1 aromatic carbocycles. The highest BCUT2D eigenvalue weighted by molar-refractivity contribution is 5.74. The number of benzene rings is 1. The van der Waals surface area contributed by atoms with Gasteiger partial charge in [0.25, 0.3) is 0 Å². The van der Waals surface area contributed by atoms with Gasteiger partial charge in [0, 0.05) is 20.8 Å². The molecule has 0 radical (unpaired) electrons. The van der Waals surface area contributed by atoms with Gasteiger partial charge in [-0.3, -0.25) is 19.2 Å². The number of unbranched alkanes of at least 4 members (excludes halogenated alkanes) is 3. The van der Waals surface area contributed by atoms with Crippen molar-refractivity contribution in [3.8, 4) is 5.75 Å². The van der Waals surface area contributed by atoms with Gasteiger partial charge in [0.05, 0.1) is 13.5 Å². The van der Waals surface area contributed by atoms with Crippen molar-refractivity contribution in [2.75, 3.05) is 7.11 Å². The van der Waals surface area contributed by atoms with Crippen LogP contribution in [0.15, 0.2) is 30.3 Å². The number of hydrogen-bond donors (Lipinski definition) is 1. The molecule has 1 amide bonds. The quantitative estimate of drug-likeness (QED) is 0.197. The first-order valence-corrected chi connectivity index (χ1v) is 12.2. The summed E-state index contributed by atoms with van der Waals surface area (Å²) in [4.78, 5) is 49.1. The Bertz CT molecular complexity index is 891. The zero-order valence-electron chi connectivity index (χ0n) is 21.6. The largest absolute Gasteiger partial charge is 0.469 e. The number of hydrogen-bond acceptors (Lipinski definition) is 9. The Morgan fingerprint density at radius 2 is 1.64 bits per heavy atom. The summed E-state index contributed by atoms with van der Waals surface area (Å²) >= 11 is 0. The molecular weight excluding hydrogens is 470 g/mol. The minimum atomic E-state index is -1.75. The van der Waals surface area contributed by atoms with E-state index in [1.54, 1.807) is 30.3 Å². The van der Waals surface area contributed by atoms with Crippen LogP contribution in [0.4, 0.5) is 0 Å². The second-order valence-corrected chi connectivity index (χ2v) is 8.79. The third-order valence-electron chi connectivity index (χ3n) is 5.82. The van der Waals surface area contributed by atoms with Crippen LogP contribution in [-0.2, 0) is 38.1 Å². The van der Waals surface area contributed by atoms with Gasteiger partial charge in [0.2, 0.25) is 17.7 Å². The van der Waals surface area contributed by atoms with Crippen molar-refractivity contribution in [3.63, 3.8) is 0 Å². The highest BCUT2D eigenvalue weighted by atomic mass is 16.7. The number of rotatable bonds is 12. The molecule has 1 aromatic rings. The second kappa shape index (κ2) is 13.8. The van der Waals surface area contributed by atoms with Crippen molar-refractivity contribution >= 4 is 23.8 Å². The van der Waals surface area contributed by atoms with E-state index in [0.29, 0.717) is 18.6 Å². The Morgan fingerprint density at radius 3 is 2.19 bits per heavy atom. The second-order valence-electron chi connectivity index (χ2n) is 8.79. The van der Waals surface area contributed by atoms with Crippen molar-refractivity contribution < 1.29 is 42.9 Å². The third-order valence-corrected chi connectivity index (χ3v) is 5.82. The van der Waals surface area contributed by atoms with Crippen molar-refractivity contribution in [1.29, 1.82) is 0 Å². The van der Waals surface area contributed by atoms with Crippen LogP contribution >= 0.6 is 0 Å². The fourth-order valence-electron chi connectivity index (χ4n) is 4.38. The molecule has 2 rings (SSSR count). The van der Waals surface area contributed by atoms with Crippen LogP contribution in [0.5, 0.6) is 5.75 Å². The molecule has 1 N–H and O–H groups in total. The number of methoxy groups -OCH3 is 1. The minimum Gasteiger partial charge on any atom is -0.469 e. The topological polar surface area (TPSA) is 126 Å². The zero-order chi connectivity index (χ0) is 26.7. The maximum Gasteiger partial charge on any atom is 0.308 e. The Labute approximate surface area is 211 Å². The molecule has 5 atom stereocenters. The number of para-hydroxylation sites is 1. The smallest absolute Gasteiger partial charge is 0.308 e. The Kier molecular flexibility index (Phi) is 11.2. The molecule has 0 spiro atoms. The first-order valence-electron chi connectivity index (χ1n) is 12.2. The predicted molar refractivity (Wildman–Crippen MR) is 129 cm³/mol. The number of amides is 1. The van der Waals surface area contributed by atoms with Crippen molar-refractivity contribution in [3.05, 3.63) is 30.3 Å². The summed E-state index contributed by atoms with van der Waals surface area (Å²) in [6.45, 7) is 5.78. The van der Waals surface area contributed by atoms with E-state index >= 15 is 0 Å². The third kappa shape index (κ3) is 7.94. The monoisotopic (exact) mass is 507 g/mol. The lowest BCUT2D eigenvalue weighted by atomic mass is 9.84. The average Bonchev–Trinajstić information content (AvgIpc) is 2.81. The lowest BCUT2D eigenvalue weighted by Crippen LogP contribution is -2.76. The van der Waals surface area contributed by atoms with E-state index in [4.69, 9.17) is 23.7 Å². The van der Waals surface area contributed by atoms with Crippen LogP contribution in [0.1, 0.15) is 66.2 Å². The van der Waals surface area contributed by atoms with Crippen molar-refractivity contribution in [2.24, 2.45) is 0 Å². The van der Waals surface area contributed by atoms with E-state index in [2.05, 4.69) is 12.2 Å². The first kappa shape index (κ1) is 29.1. The van der Waals surface area contributed by atoms with Crippen LogP contribution < -0.4 is 10.1 Å². The van der Waals surface area contributed by atoms with Crippen LogP contribution in [-0.4, -0.2) is 61.1 Å². The molecular formula is C26H37NO9. The van der Waals surface area contributed by atoms with Crippen LogP contribution in [0.2, 0.25) is 0 Å². The van der Waals surface area contributed by atoms with Gasteiger partial charge in [0.15, 0.2) is 6.10 Å². The average molecular weight is 508 g/mol. The van der Waals surface area contributed by atoms with Gasteiger partial charge in [-0.1, -0.05) is 50.8 Å². The highest BCUT2D eigenvalue weighted by Gasteiger charge is 2.62. The number of nitrogens with one attached hydrogen (secondary N) is 1. The Morgan fingerprint density at radius 1 is 0.972 bits per heavy atom. The molecule has 1 heterocycles. The highest BCUT2D eigenvalue weighted by Crippen LogP contribution is 2.39. The van der Waals surface area contributed by atoms with E-state index in [1.807, 2.05) is 0 Å². The van der Waals surface area contributed by atoms with Gasteiger partial charge in [-0.25, -0.2) is 0 Å². The molecule has 0 bridgehead atoms. The standard InChI is InChI=1S/C26H37NO9/c1-6-7-8-12-15-22-26(27-17(2)28,36-20-13-10-9-11-14-20)25(34-19(4)30)24(33-18(3)29)21(35-22)16-23(31)32-5/h9-11,13-14,21-22,24-25H,6-8,12,15-16H2,1-5H3,(H,27,28). The molecule has 0 aromatic heterocycles. The first-order chi connectivity index (χ1) is 17.1. The molecule has 1 aliphatic heterocycles. The Balaban J connectivity index is 2.67. The molecule has 10 nitrogen and oxygen atoms in total. The van der Waals surface area contributed by atoms with Crippen LogP contribution in [0, 0.1) is 0 Å². The number of carbonyl (C=O) groups excluding carboxylic acids is 4. The van der Waals surface area contributed by atoms with Gasteiger partial charge < -0.3 is 29.0 Å². The van der Waals surface area contributed by atoms with Gasteiger partial charge in [0.1, 0.15) is 18.0 Å². The summed E-state index contributed by atoms with van der Waals surface area (Å²) < 4.78 is 28.8. The van der Waals surface area contributed by atoms with E-state index in [1.165, 1.54) is 27.9 Å². The Hall–Kier alpha value is -3.14. The number of ether oxygens (including phenoxy) is 5. The summed E-state index contributed by atoms with van der Waals surface area (Å²) in [5, 5.41) is 2.81. The van der Waals surface area contributed by atoms with Crippen molar-refractivity contribution in [2.45, 2.75) is 96.4 Å². The molecule has 36 heavy (non-hydrogen) atoms. The molecule has 10 heteroatoms. The summed E-state index contributed by atoms with van der Waals surface area (Å²) in [5.41, 5.74) is -1.75. The van der Waals surface area contributed by atoms with E-state index in [9.17, 15) is 19.2 Å². The number of carbonyl (C=O) groups is 4. The van der Waals surface area contributed by atoms with E-state index in [0.717, 1.165) is 19.3 Å². The summed E-state index contributed by atoms with van der Waals surface area (Å²) in [6, 6.07) is 8.67. The van der Waals surface area contributed by atoms with Gasteiger partial charge in [-0.2, -0.15) is 0 Å². The summed E-state index contributed by atoms with van der Waals surface area (Å²) in [5.74, 6) is -2.07. The molecule has 1 fully saturated rings. The maximum atomic E-state index is 12.5. The molecule has 200 valence electrons. The fraction of sp³-hybridized carbons (Fsp3) is 0.615. The van der Waals surface area contributed by atoms with Crippen LogP contribution in [0.25, 0.3) is 0 Å². The normalized spacial score (nSPS) is 25.4. The molecule has 1 aliphatic rings. The van der Waals surface area contributed by atoms with E-state index in [-0.39, 0.29) is 6.42 Å². The fourth-order valence-corrected chi connectivity index (χ4v) is 4.38. The lowest BCUT2D eigenvalue weighted by molar-refractivity contribution is -0.279. The summed E-state index contributed by atoms with van der Waals surface area (Å²) in [6.07, 6.45) is -0.705. The summed E-state index contributed by atoms with van der Waals surface area (Å²) in [7, 11) is 1.23. The predicted octanol–water partition coefficient (Wildman–Crippen LogP) is 3.06. The van der Waals surface area contributed by atoms with Gasteiger partial charge in [-0.15, -0.1) is 0 Å². The minimum absolute atomic E-state index is 0.265. The van der Waals surface area contributed by atoms with Crippen molar-refractivity contribution in [1.82, 2.24) is 5.32 Å². The lowest BCUT2D eigenvalue weighted by Gasteiger charge is -2.52. The number of esters is 3. The molecule has 5 unspecified atom stereocenters. The van der Waals surface area contributed by atoms with Crippen LogP contribution in [0.3, 0.4) is 0 Å². The SMILES string of the molecule is CCCCCCC1OC(CC(=O)OC)C(OC(C)=O)C(OC(C)=O)C1(NC(C)=O)Oc1ccccc1. The van der Waals surface area contributed by atoms with E-state index < -0.39 is 54.0 Å². The van der Waals surface area contributed by atoms with Gasteiger partial charge >= 0.3 is 17.9 Å². The van der Waals surface area contributed by atoms with Gasteiger partial charge in [-0.05, 0) is 18.6 Å². The molecule has 0 saturated carbocycles.